The van der Waals surface area contributed by atoms with Crippen molar-refractivity contribution >= 4 is 17.5 Å². The third kappa shape index (κ3) is 3.99. The van der Waals surface area contributed by atoms with Crippen molar-refractivity contribution in [1.82, 2.24) is 9.88 Å². The van der Waals surface area contributed by atoms with Crippen LogP contribution in [0.25, 0.3) is 0 Å². The fourth-order valence-electron chi connectivity index (χ4n) is 2.49. The third-order valence-corrected chi connectivity index (χ3v) is 3.77. The fourth-order valence-corrected chi connectivity index (χ4v) is 2.49. The zero-order valence-corrected chi connectivity index (χ0v) is 13.6. The molecular weight excluding hydrogens is 316 g/mol. The van der Waals surface area contributed by atoms with Crippen LogP contribution in [0.4, 0.5) is 5.82 Å². The largest absolute Gasteiger partial charge is 0.346 e. The number of hydrogen-bond acceptors (Lipinski definition) is 5. The first-order valence-electron chi connectivity index (χ1n) is 7.86. The van der Waals surface area contributed by atoms with Crippen LogP contribution in [-0.2, 0) is 4.79 Å². The standard InChI is InChI=1S/C19H18N4O2/c20-23(18-10-4-5-11-21-18)19(25)16-9-6-12-22(13-16)14-17(24)15-7-2-1-3-8-15/h1-8,10-13H,9,14,20H2. The predicted molar refractivity (Wildman–Crippen MR) is 95.2 cm³/mol. The van der Waals surface area contributed by atoms with Crippen LogP contribution in [0.2, 0.25) is 0 Å². The summed E-state index contributed by atoms with van der Waals surface area (Å²) in [5, 5.41) is 1.02. The van der Waals surface area contributed by atoms with Gasteiger partial charge in [-0.3, -0.25) is 9.59 Å². The van der Waals surface area contributed by atoms with E-state index < -0.39 is 0 Å². The summed E-state index contributed by atoms with van der Waals surface area (Å²) in [7, 11) is 0. The highest BCUT2D eigenvalue weighted by Crippen LogP contribution is 2.17. The molecule has 0 spiro atoms. The molecule has 1 amide bonds. The van der Waals surface area contributed by atoms with E-state index in [0.29, 0.717) is 23.4 Å². The van der Waals surface area contributed by atoms with Crippen molar-refractivity contribution in [2.45, 2.75) is 6.42 Å². The number of nitrogens with zero attached hydrogens (tertiary/aromatic N) is 3. The first-order valence-corrected chi connectivity index (χ1v) is 7.86. The van der Waals surface area contributed by atoms with Gasteiger partial charge >= 0.3 is 0 Å². The minimum atomic E-state index is -0.347. The van der Waals surface area contributed by atoms with Crippen LogP contribution < -0.4 is 10.9 Å². The van der Waals surface area contributed by atoms with Gasteiger partial charge in [0.2, 0.25) is 0 Å². The van der Waals surface area contributed by atoms with E-state index in [2.05, 4.69) is 4.98 Å². The molecule has 0 aliphatic carbocycles. The van der Waals surface area contributed by atoms with Crippen molar-refractivity contribution in [3.05, 3.63) is 84.3 Å². The Kier molecular flexibility index (Phi) is 5.01. The molecular formula is C19H18N4O2. The first-order chi connectivity index (χ1) is 12.1. The highest BCUT2D eigenvalue weighted by Gasteiger charge is 2.20. The second-order valence-corrected chi connectivity index (χ2v) is 5.57. The molecule has 6 heteroatoms. The van der Waals surface area contributed by atoms with Crippen molar-refractivity contribution in [2.75, 3.05) is 11.6 Å². The molecule has 126 valence electrons. The number of hydrazine groups is 1. The lowest BCUT2D eigenvalue weighted by Crippen LogP contribution is -2.40. The molecule has 0 saturated carbocycles. The Balaban J connectivity index is 1.70. The normalized spacial score (nSPS) is 13.3. The van der Waals surface area contributed by atoms with E-state index in [1.54, 1.807) is 53.8 Å². The number of amides is 1. The SMILES string of the molecule is NN(C(=O)C1=CN(CC(=O)c2ccccc2)C=CC1)c1ccccn1. The van der Waals surface area contributed by atoms with Crippen molar-refractivity contribution < 1.29 is 9.59 Å². The fraction of sp³-hybridized carbons (Fsp3) is 0.105. The van der Waals surface area contributed by atoms with Gasteiger partial charge < -0.3 is 4.90 Å². The molecule has 0 atom stereocenters. The van der Waals surface area contributed by atoms with E-state index in [-0.39, 0.29) is 18.2 Å². The number of nitrogens with two attached hydrogens (primary N) is 1. The number of rotatable bonds is 5. The van der Waals surface area contributed by atoms with Gasteiger partial charge in [-0.15, -0.1) is 0 Å². The highest BCUT2D eigenvalue weighted by molar-refractivity contribution is 6.04. The molecule has 3 rings (SSSR count). The summed E-state index contributed by atoms with van der Waals surface area (Å²) in [6.07, 6.45) is 7.31. The number of anilines is 1. The number of carbonyl (C=O) groups is 2. The summed E-state index contributed by atoms with van der Waals surface area (Å²) in [5.41, 5.74) is 1.13. The number of benzene rings is 1. The summed E-state index contributed by atoms with van der Waals surface area (Å²) in [6, 6.07) is 14.2. The van der Waals surface area contributed by atoms with Gasteiger partial charge in [-0.05, 0) is 18.6 Å². The van der Waals surface area contributed by atoms with Crippen LogP contribution in [0.15, 0.2) is 78.8 Å². The summed E-state index contributed by atoms with van der Waals surface area (Å²) in [4.78, 5) is 30.6. The number of hydrogen-bond donors (Lipinski definition) is 1. The Bertz CT molecular complexity index is 816. The quantitative estimate of drug-likeness (QED) is 0.393. The summed E-state index contributed by atoms with van der Waals surface area (Å²) in [6.45, 7) is 0.158. The average Bonchev–Trinajstić information content (AvgIpc) is 2.68. The monoisotopic (exact) mass is 334 g/mol. The maximum absolute atomic E-state index is 12.5. The third-order valence-electron chi connectivity index (χ3n) is 3.77. The van der Waals surface area contributed by atoms with Gasteiger partial charge in [-0.1, -0.05) is 42.5 Å². The molecule has 6 nitrogen and oxygen atoms in total. The number of pyridine rings is 1. The minimum Gasteiger partial charge on any atom is -0.346 e. The van der Waals surface area contributed by atoms with Crippen LogP contribution in [0.3, 0.4) is 0 Å². The summed E-state index contributed by atoms with van der Waals surface area (Å²) < 4.78 is 0. The molecule has 1 aliphatic heterocycles. The predicted octanol–water partition coefficient (Wildman–Crippen LogP) is 2.27. The van der Waals surface area contributed by atoms with Crippen LogP contribution in [-0.4, -0.2) is 28.1 Å². The summed E-state index contributed by atoms with van der Waals surface area (Å²) >= 11 is 0. The minimum absolute atomic E-state index is 0.0236. The number of Topliss-reactive ketones (excluding diaryl/α,β-unsaturated/α-hetero) is 1. The topological polar surface area (TPSA) is 79.5 Å². The molecule has 0 saturated heterocycles. The maximum Gasteiger partial charge on any atom is 0.271 e. The van der Waals surface area contributed by atoms with Crippen LogP contribution in [0.1, 0.15) is 16.8 Å². The molecule has 0 fully saturated rings. The second-order valence-electron chi connectivity index (χ2n) is 5.57. The van der Waals surface area contributed by atoms with Gasteiger partial charge in [0.1, 0.15) is 5.82 Å². The molecule has 0 unspecified atom stereocenters. The lowest BCUT2D eigenvalue weighted by molar-refractivity contribution is -0.115. The van der Waals surface area contributed by atoms with Crippen molar-refractivity contribution in [1.29, 1.82) is 0 Å². The Morgan fingerprint density at radius 1 is 1.12 bits per heavy atom. The van der Waals surface area contributed by atoms with E-state index in [0.717, 1.165) is 5.01 Å². The molecule has 2 aromatic rings. The zero-order valence-electron chi connectivity index (χ0n) is 13.6. The molecule has 25 heavy (non-hydrogen) atoms. The number of carbonyl (C=O) groups excluding carboxylic acids is 2. The van der Waals surface area contributed by atoms with Crippen LogP contribution >= 0.6 is 0 Å². The summed E-state index contributed by atoms with van der Waals surface area (Å²) in [5.74, 6) is 5.88. The van der Waals surface area contributed by atoms with E-state index in [9.17, 15) is 9.59 Å². The Morgan fingerprint density at radius 3 is 2.60 bits per heavy atom. The average molecular weight is 334 g/mol. The number of aromatic nitrogens is 1. The molecule has 1 aromatic carbocycles. The van der Waals surface area contributed by atoms with Crippen molar-refractivity contribution in [3.63, 3.8) is 0 Å². The van der Waals surface area contributed by atoms with Gasteiger partial charge in [-0.25, -0.2) is 15.8 Å². The van der Waals surface area contributed by atoms with Gasteiger partial charge in [-0.2, -0.15) is 0 Å². The number of ketones is 1. The number of allylic oxidation sites excluding steroid dienone is 1. The maximum atomic E-state index is 12.5. The van der Waals surface area contributed by atoms with E-state index in [1.807, 2.05) is 24.3 Å². The van der Waals surface area contributed by atoms with Crippen molar-refractivity contribution in [2.24, 2.45) is 5.84 Å². The molecule has 2 heterocycles. The molecule has 0 radical (unpaired) electrons. The van der Waals surface area contributed by atoms with Gasteiger partial charge in [0, 0.05) is 29.7 Å². The van der Waals surface area contributed by atoms with E-state index in [1.165, 1.54) is 0 Å². The molecule has 1 aromatic heterocycles. The second kappa shape index (κ2) is 7.55. The zero-order chi connectivity index (χ0) is 17.6. The van der Waals surface area contributed by atoms with Gasteiger partial charge in [0.15, 0.2) is 5.78 Å². The molecule has 2 N–H and O–H groups in total. The Hall–Kier alpha value is -3.25. The van der Waals surface area contributed by atoms with Gasteiger partial charge in [0.25, 0.3) is 5.91 Å². The van der Waals surface area contributed by atoms with Crippen LogP contribution in [0, 0.1) is 0 Å². The van der Waals surface area contributed by atoms with Gasteiger partial charge in [0.05, 0.1) is 6.54 Å². The Labute approximate surface area is 145 Å². The lowest BCUT2D eigenvalue weighted by Gasteiger charge is -2.23. The molecule has 1 aliphatic rings. The smallest absolute Gasteiger partial charge is 0.271 e. The van der Waals surface area contributed by atoms with Crippen LogP contribution in [0.5, 0.6) is 0 Å². The van der Waals surface area contributed by atoms with E-state index >= 15 is 0 Å². The Morgan fingerprint density at radius 2 is 1.88 bits per heavy atom. The van der Waals surface area contributed by atoms with E-state index in [4.69, 9.17) is 5.84 Å². The highest BCUT2D eigenvalue weighted by atomic mass is 16.2. The lowest BCUT2D eigenvalue weighted by atomic mass is 10.1. The molecule has 0 bridgehead atoms. The van der Waals surface area contributed by atoms with Crippen molar-refractivity contribution in [3.8, 4) is 0 Å². The first kappa shape index (κ1) is 16.6.